The topological polar surface area (TPSA) is 78.8 Å². The maximum Gasteiger partial charge on any atom is 0.404 e. The van der Waals surface area contributed by atoms with Crippen molar-refractivity contribution in [1.29, 1.82) is 0 Å². The summed E-state index contributed by atoms with van der Waals surface area (Å²) in [7, 11) is 1.53. The number of nitrogens with one attached hydrogen (secondary N) is 1. The molecule has 1 unspecified atom stereocenters. The van der Waals surface area contributed by atoms with Crippen LogP contribution in [-0.4, -0.2) is 42.7 Å². The average Bonchev–Trinajstić information content (AvgIpc) is 1.97. The molecule has 66 valence electrons. The fourth-order valence-electron chi connectivity index (χ4n) is 0.561. The van der Waals surface area contributed by atoms with Gasteiger partial charge in [-0.25, -0.2) is 4.79 Å². The van der Waals surface area contributed by atoms with E-state index in [1.165, 1.54) is 7.11 Å². The molecule has 0 saturated carbocycles. The number of methoxy groups -OCH3 is 1. The van der Waals surface area contributed by atoms with Crippen molar-refractivity contribution in [3.63, 3.8) is 0 Å². The molecule has 0 aliphatic heterocycles. The summed E-state index contributed by atoms with van der Waals surface area (Å²) in [4.78, 5) is 9.92. The van der Waals surface area contributed by atoms with E-state index < -0.39 is 12.2 Å². The van der Waals surface area contributed by atoms with Gasteiger partial charge in [-0.1, -0.05) is 0 Å². The van der Waals surface area contributed by atoms with E-state index in [2.05, 4.69) is 10.1 Å². The minimum absolute atomic E-state index is 0.0543. The summed E-state index contributed by atoms with van der Waals surface area (Å²) in [6, 6.07) is 0. The molecule has 0 heterocycles. The van der Waals surface area contributed by atoms with Crippen LogP contribution in [0.4, 0.5) is 4.79 Å². The van der Waals surface area contributed by atoms with Crippen LogP contribution >= 0.6 is 0 Å². The molecule has 5 nitrogen and oxygen atoms in total. The number of rotatable bonds is 5. The summed E-state index contributed by atoms with van der Waals surface area (Å²) < 4.78 is 4.68. The largest absolute Gasteiger partial charge is 0.465 e. The van der Waals surface area contributed by atoms with Gasteiger partial charge >= 0.3 is 6.09 Å². The van der Waals surface area contributed by atoms with E-state index in [1.807, 2.05) is 0 Å². The van der Waals surface area contributed by atoms with Crippen LogP contribution in [0.5, 0.6) is 0 Å². The maximum absolute atomic E-state index is 9.92. The van der Waals surface area contributed by atoms with Gasteiger partial charge < -0.3 is 20.3 Å². The Labute approximate surface area is 65.0 Å². The lowest BCUT2D eigenvalue weighted by atomic mass is 10.3. The molecule has 0 saturated heterocycles. The van der Waals surface area contributed by atoms with Crippen LogP contribution < -0.4 is 5.32 Å². The van der Waals surface area contributed by atoms with Crippen LogP contribution in [0.1, 0.15) is 6.42 Å². The van der Waals surface area contributed by atoms with E-state index in [-0.39, 0.29) is 6.54 Å². The van der Waals surface area contributed by atoms with Gasteiger partial charge in [0.15, 0.2) is 0 Å². The standard InChI is InChI=1S/C6H13NO4/c1-11-3-2-5(8)4-7-6(9)10/h5,7-8H,2-4H2,1H3,(H,9,10). The van der Waals surface area contributed by atoms with E-state index in [0.717, 1.165) is 0 Å². The van der Waals surface area contributed by atoms with E-state index in [1.54, 1.807) is 0 Å². The van der Waals surface area contributed by atoms with Crippen LogP contribution in [0, 0.1) is 0 Å². The van der Waals surface area contributed by atoms with Crippen LogP contribution in [0.25, 0.3) is 0 Å². The Kier molecular flexibility index (Phi) is 5.50. The summed E-state index contributed by atoms with van der Waals surface area (Å²) in [6.45, 7) is 0.487. The zero-order chi connectivity index (χ0) is 8.69. The summed E-state index contributed by atoms with van der Waals surface area (Å²) in [6.07, 6.45) is -1.34. The Morgan fingerprint density at radius 2 is 2.36 bits per heavy atom. The second kappa shape index (κ2) is 5.94. The Hall–Kier alpha value is -0.810. The lowest BCUT2D eigenvalue weighted by Gasteiger charge is -2.08. The van der Waals surface area contributed by atoms with E-state index >= 15 is 0 Å². The molecule has 1 amide bonds. The number of aliphatic hydroxyl groups excluding tert-OH is 1. The fraction of sp³-hybridized carbons (Fsp3) is 0.833. The SMILES string of the molecule is COCCC(O)CNC(=O)O. The van der Waals surface area contributed by atoms with Gasteiger partial charge in [0.2, 0.25) is 0 Å². The van der Waals surface area contributed by atoms with Crippen molar-refractivity contribution in [2.45, 2.75) is 12.5 Å². The van der Waals surface area contributed by atoms with Gasteiger partial charge in [-0.05, 0) is 6.42 Å². The molecule has 11 heavy (non-hydrogen) atoms. The molecule has 1 atom stereocenters. The fourth-order valence-corrected chi connectivity index (χ4v) is 0.561. The number of amides is 1. The Balaban J connectivity index is 3.22. The first-order chi connectivity index (χ1) is 5.16. The van der Waals surface area contributed by atoms with Crippen molar-refractivity contribution in [2.75, 3.05) is 20.3 Å². The molecule has 0 spiro atoms. The number of hydrogen-bond acceptors (Lipinski definition) is 3. The number of ether oxygens (including phenoxy) is 1. The molecule has 0 radical (unpaired) electrons. The minimum atomic E-state index is -1.12. The highest BCUT2D eigenvalue weighted by Crippen LogP contribution is 1.89. The van der Waals surface area contributed by atoms with E-state index in [9.17, 15) is 4.79 Å². The lowest BCUT2D eigenvalue weighted by Crippen LogP contribution is -2.31. The first-order valence-electron chi connectivity index (χ1n) is 3.30. The van der Waals surface area contributed by atoms with Crippen molar-refractivity contribution < 1.29 is 19.7 Å². The van der Waals surface area contributed by atoms with Crippen LogP contribution in [0.3, 0.4) is 0 Å². The first kappa shape index (κ1) is 10.2. The summed E-state index contributed by atoms with van der Waals surface area (Å²) >= 11 is 0. The molecule has 0 aliphatic carbocycles. The van der Waals surface area contributed by atoms with Gasteiger partial charge in [0.1, 0.15) is 0 Å². The Bertz CT molecular complexity index is 117. The summed E-state index contributed by atoms with van der Waals surface area (Å²) in [5.41, 5.74) is 0. The van der Waals surface area contributed by atoms with Crippen molar-refractivity contribution in [3.05, 3.63) is 0 Å². The molecule has 0 bridgehead atoms. The third kappa shape index (κ3) is 7.08. The van der Waals surface area contributed by atoms with Gasteiger partial charge in [0.05, 0.1) is 6.10 Å². The Morgan fingerprint density at radius 3 is 2.82 bits per heavy atom. The molecule has 5 heteroatoms. The molecule has 0 aliphatic rings. The Morgan fingerprint density at radius 1 is 1.73 bits per heavy atom. The number of carbonyl (C=O) groups is 1. The van der Waals surface area contributed by atoms with Crippen molar-refractivity contribution in [1.82, 2.24) is 5.32 Å². The van der Waals surface area contributed by atoms with Gasteiger partial charge in [-0.2, -0.15) is 0 Å². The predicted molar refractivity (Wildman–Crippen MR) is 38.5 cm³/mol. The zero-order valence-electron chi connectivity index (χ0n) is 6.41. The van der Waals surface area contributed by atoms with Gasteiger partial charge in [-0.3, -0.25) is 0 Å². The third-order valence-electron chi connectivity index (χ3n) is 1.14. The molecule has 0 aromatic carbocycles. The normalized spacial score (nSPS) is 12.5. The molecular weight excluding hydrogens is 150 g/mol. The van der Waals surface area contributed by atoms with Crippen molar-refractivity contribution in [2.24, 2.45) is 0 Å². The number of aliphatic hydroxyl groups is 1. The smallest absolute Gasteiger partial charge is 0.404 e. The van der Waals surface area contributed by atoms with Crippen molar-refractivity contribution >= 4 is 6.09 Å². The van der Waals surface area contributed by atoms with Crippen LogP contribution in [-0.2, 0) is 4.74 Å². The molecule has 0 aromatic rings. The monoisotopic (exact) mass is 163 g/mol. The van der Waals surface area contributed by atoms with Gasteiger partial charge in [0, 0.05) is 20.3 Å². The average molecular weight is 163 g/mol. The predicted octanol–water partition coefficient (Wildman–Crippen LogP) is -0.349. The number of hydrogen-bond donors (Lipinski definition) is 3. The summed E-state index contributed by atoms with van der Waals surface area (Å²) in [5, 5.41) is 19.2. The van der Waals surface area contributed by atoms with Crippen LogP contribution in [0.15, 0.2) is 0 Å². The summed E-state index contributed by atoms with van der Waals surface area (Å²) in [5.74, 6) is 0. The van der Waals surface area contributed by atoms with Crippen LogP contribution in [0.2, 0.25) is 0 Å². The van der Waals surface area contributed by atoms with E-state index in [4.69, 9.17) is 10.2 Å². The molecule has 3 N–H and O–H groups in total. The minimum Gasteiger partial charge on any atom is -0.465 e. The van der Waals surface area contributed by atoms with Gasteiger partial charge in [0.25, 0.3) is 0 Å². The molecular formula is C6H13NO4. The third-order valence-corrected chi connectivity index (χ3v) is 1.14. The zero-order valence-corrected chi connectivity index (χ0v) is 6.41. The lowest BCUT2D eigenvalue weighted by molar-refractivity contribution is 0.107. The second-order valence-corrected chi connectivity index (χ2v) is 2.12. The molecule has 0 rings (SSSR count). The second-order valence-electron chi connectivity index (χ2n) is 2.12. The highest BCUT2D eigenvalue weighted by molar-refractivity contribution is 5.64. The number of carboxylic acid groups (broad SMARTS) is 1. The highest BCUT2D eigenvalue weighted by atomic mass is 16.5. The maximum atomic E-state index is 9.92. The quantitative estimate of drug-likeness (QED) is 0.517. The highest BCUT2D eigenvalue weighted by Gasteiger charge is 2.04. The van der Waals surface area contributed by atoms with Crippen molar-refractivity contribution in [3.8, 4) is 0 Å². The van der Waals surface area contributed by atoms with Gasteiger partial charge in [-0.15, -0.1) is 0 Å². The molecule has 0 aromatic heterocycles. The first-order valence-corrected chi connectivity index (χ1v) is 3.30. The molecule has 0 fully saturated rings. The van der Waals surface area contributed by atoms with E-state index in [0.29, 0.717) is 13.0 Å².